The molecule has 0 heterocycles. The third-order valence-corrected chi connectivity index (χ3v) is 5.07. The number of halogens is 3. The van der Waals surface area contributed by atoms with Gasteiger partial charge in [-0.15, -0.1) is 34.8 Å². The summed E-state index contributed by atoms with van der Waals surface area (Å²) in [4.78, 5) is 0. The first-order valence-electron chi connectivity index (χ1n) is 5.06. The Morgan fingerprint density at radius 2 is 1.54 bits per heavy atom. The molecule has 0 aliphatic heterocycles. The highest BCUT2D eigenvalue weighted by molar-refractivity contribution is 6.32. The van der Waals surface area contributed by atoms with Gasteiger partial charge in [0.15, 0.2) is 0 Å². The van der Waals surface area contributed by atoms with Gasteiger partial charge in [-0.25, -0.2) is 0 Å². The van der Waals surface area contributed by atoms with Crippen molar-refractivity contribution in [1.29, 1.82) is 0 Å². The summed E-state index contributed by atoms with van der Waals surface area (Å²) in [5, 5.41) is 0.372. The minimum atomic E-state index is 0.176. The Morgan fingerprint density at radius 1 is 0.923 bits per heavy atom. The van der Waals surface area contributed by atoms with Crippen LogP contribution in [0.25, 0.3) is 0 Å². The third kappa shape index (κ3) is 8.11. The monoisotopic (exact) mass is 260 g/mol. The van der Waals surface area contributed by atoms with Gasteiger partial charge in [0.25, 0.3) is 0 Å². The highest BCUT2D eigenvalue weighted by atomic mass is 35.5. The summed E-state index contributed by atoms with van der Waals surface area (Å²) in [6.07, 6.45) is 5.83. The van der Waals surface area contributed by atoms with Gasteiger partial charge in [0.1, 0.15) is 0 Å². The number of hydrogen-bond acceptors (Lipinski definition) is 0. The summed E-state index contributed by atoms with van der Waals surface area (Å²) in [5.41, 5.74) is 0. The van der Waals surface area contributed by atoms with Crippen LogP contribution in [0.1, 0.15) is 32.1 Å². The molecule has 0 aromatic carbocycles. The van der Waals surface area contributed by atoms with Gasteiger partial charge in [-0.1, -0.05) is 19.3 Å². The molecule has 0 bridgehead atoms. The van der Waals surface area contributed by atoms with Gasteiger partial charge in [-0.3, -0.25) is 0 Å². The third-order valence-electron chi connectivity index (χ3n) is 2.15. The molecule has 80 valence electrons. The van der Waals surface area contributed by atoms with Gasteiger partial charge in [0, 0.05) is 26.9 Å². The summed E-state index contributed by atoms with van der Waals surface area (Å²) in [7, 11) is 1.15. The molecule has 0 radical (unpaired) electrons. The molecular weight excluding hydrogens is 243 g/mol. The Kier molecular flexibility index (Phi) is 10.4. The zero-order chi connectivity index (χ0) is 10.1. The minimum absolute atomic E-state index is 0.176. The summed E-state index contributed by atoms with van der Waals surface area (Å²) in [6, 6.07) is 1.09. The SMILES string of the molecule is [SiH3]CC(Cl)C(Cl)CCCCCCCl. The smallest absolute Gasteiger partial charge is 0.0496 e. The lowest BCUT2D eigenvalue weighted by atomic mass is 10.1. The topological polar surface area (TPSA) is 0 Å². The van der Waals surface area contributed by atoms with E-state index in [2.05, 4.69) is 0 Å². The molecule has 0 amide bonds. The first-order valence-corrected chi connectivity index (χ1v) is 7.88. The van der Waals surface area contributed by atoms with E-state index < -0.39 is 0 Å². The number of alkyl halides is 3. The molecule has 0 aliphatic rings. The molecule has 0 saturated carbocycles. The summed E-state index contributed by atoms with van der Waals surface area (Å²) in [6.45, 7) is 0. The van der Waals surface area contributed by atoms with Crippen molar-refractivity contribution in [2.75, 3.05) is 5.88 Å². The lowest BCUT2D eigenvalue weighted by Gasteiger charge is -2.13. The Bertz CT molecular complexity index is 111. The average molecular weight is 262 g/mol. The van der Waals surface area contributed by atoms with E-state index in [4.69, 9.17) is 34.8 Å². The van der Waals surface area contributed by atoms with Crippen molar-refractivity contribution in [2.45, 2.75) is 48.9 Å². The summed E-state index contributed by atoms with van der Waals surface area (Å²) in [5.74, 6) is 0.781. The molecule has 0 spiro atoms. The normalized spacial score (nSPS) is 15.9. The molecule has 0 saturated heterocycles. The molecule has 4 heteroatoms. The quantitative estimate of drug-likeness (QED) is 0.358. The molecule has 2 atom stereocenters. The predicted molar refractivity (Wildman–Crippen MR) is 67.8 cm³/mol. The van der Waals surface area contributed by atoms with Gasteiger partial charge in [0.2, 0.25) is 0 Å². The van der Waals surface area contributed by atoms with Crippen molar-refractivity contribution in [3.63, 3.8) is 0 Å². The van der Waals surface area contributed by atoms with Crippen LogP contribution in [-0.2, 0) is 0 Å². The first-order chi connectivity index (χ1) is 6.22. The van der Waals surface area contributed by atoms with Gasteiger partial charge in [-0.2, -0.15) is 0 Å². The van der Waals surface area contributed by atoms with Gasteiger partial charge in [0.05, 0.1) is 0 Å². The summed E-state index contributed by atoms with van der Waals surface area (Å²) < 4.78 is 0. The van der Waals surface area contributed by atoms with E-state index >= 15 is 0 Å². The van der Waals surface area contributed by atoms with E-state index in [1.807, 2.05) is 0 Å². The van der Waals surface area contributed by atoms with E-state index in [1.165, 1.54) is 19.3 Å². The second-order valence-corrected chi connectivity index (χ2v) is 5.65. The van der Waals surface area contributed by atoms with E-state index in [1.54, 1.807) is 0 Å². The molecule has 0 aromatic rings. The van der Waals surface area contributed by atoms with Crippen molar-refractivity contribution in [1.82, 2.24) is 0 Å². The van der Waals surface area contributed by atoms with Crippen LogP contribution >= 0.6 is 34.8 Å². The van der Waals surface area contributed by atoms with E-state index in [0.29, 0.717) is 0 Å². The van der Waals surface area contributed by atoms with Crippen molar-refractivity contribution in [3.05, 3.63) is 0 Å². The minimum Gasteiger partial charge on any atom is -0.127 e. The first kappa shape index (κ1) is 14.1. The molecular formula is C9H19Cl3Si. The second-order valence-electron chi connectivity index (χ2n) is 3.33. The van der Waals surface area contributed by atoms with Crippen LogP contribution in [0.15, 0.2) is 0 Å². The number of hydrogen-bond donors (Lipinski definition) is 0. The molecule has 0 N–H and O–H groups in total. The van der Waals surface area contributed by atoms with Crippen LogP contribution in [0.4, 0.5) is 0 Å². The molecule has 0 aromatic heterocycles. The van der Waals surface area contributed by atoms with Crippen LogP contribution in [-0.4, -0.2) is 26.9 Å². The fourth-order valence-corrected chi connectivity index (χ4v) is 2.74. The number of unbranched alkanes of at least 4 members (excludes halogenated alkanes) is 3. The lowest BCUT2D eigenvalue weighted by molar-refractivity contribution is 0.610. The maximum atomic E-state index is 6.11. The number of rotatable bonds is 8. The molecule has 13 heavy (non-hydrogen) atoms. The fraction of sp³-hybridized carbons (Fsp3) is 1.00. The Hall–Kier alpha value is 1.09. The van der Waals surface area contributed by atoms with Gasteiger partial charge < -0.3 is 0 Å². The maximum absolute atomic E-state index is 6.11. The Balaban J connectivity index is 3.21. The van der Waals surface area contributed by atoms with Gasteiger partial charge >= 0.3 is 0 Å². The van der Waals surface area contributed by atoms with Crippen LogP contribution < -0.4 is 0 Å². The molecule has 0 fully saturated rings. The standard InChI is InChI=1S/C9H19Cl3Si/c10-6-4-2-1-3-5-8(11)9(12)7-13/h8-9H,1-7H2,13H3. The zero-order valence-electron chi connectivity index (χ0n) is 8.24. The highest BCUT2D eigenvalue weighted by Gasteiger charge is 2.13. The van der Waals surface area contributed by atoms with Crippen molar-refractivity contribution >= 4 is 45.0 Å². The predicted octanol–water partition coefficient (Wildman–Crippen LogP) is 3.17. The average Bonchev–Trinajstić information content (AvgIpc) is 2.16. The van der Waals surface area contributed by atoms with Crippen molar-refractivity contribution < 1.29 is 0 Å². The molecule has 0 nitrogen and oxygen atoms in total. The largest absolute Gasteiger partial charge is 0.127 e. The molecule has 0 aliphatic carbocycles. The summed E-state index contributed by atoms with van der Waals surface area (Å²) >= 11 is 17.7. The second kappa shape index (κ2) is 9.63. The van der Waals surface area contributed by atoms with E-state index in [9.17, 15) is 0 Å². The highest BCUT2D eigenvalue weighted by Crippen LogP contribution is 2.19. The molecule has 0 rings (SSSR count). The maximum Gasteiger partial charge on any atom is 0.0496 e. The van der Waals surface area contributed by atoms with Gasteiger partial charge in [-0.05, 0) is 18.9 Å². The van der Waals surface area contributed by atoms with E-state index in [0.717, 1.165) is 35.0 Å². The van der Waals surface area contributed by atoms with Crippen LogP contribution in [0.5, 0.6) is 0 Å². The molecule has 2 unspecified atom stereocenters. The Morgan fingerprint density at radius 3 is 2.08 bits per heavy atom. The van der Waals surface area contributed by atoms with Crippen LogP contribution in [0, 0.1) is 0 Å². The van der Waals surface area contributed by atoms with Crippen LogP contribution in [0.3, 0.4) is 0 Å². The lowest BCUT2D eigenvalue weighted by Crippen LogP contribution is -2.14. The van der Waals surface area contributed by atoms with Crippen LogP contribution in [0.2, 0.25) is 6.04 Å². The van der Waals surface area contributed by atoms with E-state index in [-0.39, 0.29) is 10.8 Å². The fourth-order valence-electron chi connectivity index (χ4n) is 1.22. The van der Waals surface area contributed by atoms with Crippen molar-refractivity contribution in [2.24, 2.45) is 0 Å². The Labute approximate surface area is 99.7 Å². The van der Waals surface area contributed by atoms with Crippen molar-refractivity contribution in [3.8, 4) is 0 Å². The zero-order valence-corrected chi connectivity index (χ0v) is 12.5.